The molecule has 0 saturated heterocycles. The second-order valence-corrected chi connectivity index (χ2v) is 8.79. The number of carbonyl (C=O) groups is 1. The van der Waals surface area contributed by atoms with Crippen molar-refractivity contribution in [1.82, 2.24) is 24.3 Å². The van der Waals surface area contributed by atoms with Gasteiger partial charge in [0.25, 0.3) is 5.91 Å². The van der Waals surface area contributed by atoms with Crippen molar-refractivity contribution in [1.29, 1.82) is 0 Å². The molecule has 0 bridgehead atoms. The van der Waals surface area contributed by atoms with Crippen molar-refractivity contribution in [3.05, 3.63) is 64.2 Å². The molecule has 1 aliphatic rings. The van der Waals surface area contributed by atoms with Crippen molar-refractivity contribution in [2.45, 2.75) is 19.4 Å². The van der Waals surface area contributed by atoms with Gasteiger partial charge in [-0.15, -0.1) is 0 Å². The number of hydrogen-bond donors (Lipinski definition) is 0. The Balaban J connectivity index is 1.50. The monoisotopic (exact) mass is 467 g/mol. The molecule has 0 radical (unpaired) electrons. The average Bonchev–Trinajstić information content (AvgIpc) is 3.11. The van der Waals surface area contributed by atoms with Gasteiger partial charge in [0.15, 0.2) is 0 Å². The normalized spacial score (nSPS) is 15.8. The second-order valence-electron chi connectivity index (χ2n) is 7.94. The van der Waals surface area contributed by atoms with Crippen LogP contribution in [0.15, 0.2) is 47.2 Å². The molecule has 0 aromatic carbocycles. The Bertz CT molecular complexity index is 1120. The summed E-state index contributed by atoms with van der Waals surface area (Å²) in [6, 6.07) is 8.31. The number of carbonyl (C=O) groups excluding carboxylic acids is 1. The van der Waals surface area contributed by atoms with Crippen molar-refractivity contribution in [2.75, 3.05) is 27.2 Å². The fourth-order valence-corrected chi connectivity index (χ4v) is 4.44. The quantitative estimate of drug-likeness (QED) is 0.574. The first-order chi connectivity index (χ1) is 14.4. The smallest absolute Gasteiger partial charge is 0.254 e. The van der Waals surface area contributed by atoms with E-state index in [0.29, 0.717) is 5.56 Å². The van der Waals surface area contributed by atoms with Crippen LogP contribution in [-0.2, 0) is 7.05 Å². The van der Waals surface area contributed by atoms with Crippen LogP contribution in [0.5, 0.6) is 0 Å². The highest BCUT2D eigenvalue weighted by Gasteiger charge is 2.23. The summed E-state index contributed by atoms with van der Waals surface area (Å²) in [5.74, 6) is -0.0252. The highest BCUT2D eigenvalue weighted by molar-refractivity contribution is 9.10. The van der Waals surface area contributed by atoms with Crippen molar-refractivity contribution in [3.8, 4) is 0 Å². The fraction of sp³-hybridized carbons (Fsp3) is 0.348. The summed E-state index contributed by atoms with van der Waals surface area (Å²) >= 11 is 3.64. The van der Waals surface area contributed by atoms with E-state index in [4.69, 9.17) is 0 Å². The lowest BCUT2D eigenvalue weighted by Gasteiger charge is -2.32. The van der Waals surface area contributed by atoms with Crippen molar-refractivity contribution in [3.63, 3.8) is 0 Å². The summed E-state index contributed by atoms with van der Waals surface area (Å²) in [7, 11) is 5.58. The molecule has 7 heteroatoms. The van der Waals surface area contributed by atoms with E-state index in [1.165, 1.54) is 11.3 Å². The number of fused-ring (bicyclic) bond motifs is 1. The van der Waals surface area contributed by atoms with Crippen LogP contribution in [0.25, 0.3) is 16.6 Å². The van der Waals surface area contributed by atoms with Gasteiger partial charge < -0.3 is 9.47 Å². The molecular formula is C23H26BrN5O. The van der Waals surface area contributed by atoms with Crippen LogP contribution in [0, 0.1) is 0 Å². The third kappa shape index (κ3) is 3.79. The molecule has 1 unspecified atom stereocenters. The third-order valence-electron chi connectivity index (χ3n) is 5.88. The van der Waals surface area contributed by atoms with Gasteiger partial charge in [0.2, 0.25) is 0 Å². The Kier molecular flexibility index (Phi) is 5.75. The molecule has 4 rings (SSSR count). The maximum atomic E-state index is 12.1. The van der Waals surface area contributed by atoms with Crippen LogP contribution in [-0.4, -0.2) is 57.4 Å². The molecule has 156 valence electrons. The zero-order chi connectivity index (χ0) is 21.4. The molecule has 0 spiro atoms. The standard InChI is InChI=1S/C23H26BrN5O/c1-15(21-13-18-19(24)7-10-25-22(18)28(21)4)29-11-8-16(9-12-29)20-6-5-17(14-26-20)23(30)27(2)3/h5-8,10,13-15H,9,11-12H2,1-4H3. The van der Waals surface area contributed by atoms with Crippen molar-refractivity contribution in [2.24, 2.45) is 7.05 Å². The van der Waals surface area contributed by atoms with Gasteiger partial charge in [-0.25, -0.2) is 4.98 Å². The van der Waals surface area contributed by atoms with Gasteiger partial charge >= 0.3 is 0 Å². The van der Waals surface area contributed by atoms with Crippen LogP contribution < -0.4 is 0 Å². The molecule has 0 saturated carbocycles. The third-order valence-corrected chi connectivity index (χ3v) is 6.57. The van der Waals surface area contributed by atoms with Gasteiger partial charge in [-0.1, -0.05) is 6.08 Å². The summed E-state index contributed by atoms with van der Waals surface area (Å²) in [4.78, 5) is 25.2. The van der Waals surface area contributed by atoms with Gasteiger partial charge in [0.05, 0.1) is 11.3 Å². The molecule has 1 atom stereocenters. The average molecular weight is 468 g/mol. The zero-order valence-corrected chi connectivity index (χ0v) is 19.3. The minimum atomic E-state index is -0.0252. The van der Waals surface area contributed by atoms with Crippen LogP contribution in [0.3, 0.4) is 0 Å². The summed E-state index contributed by atoms with van der Waals surface area (Å²) < 4.78 is 3.26. The van der Waals surface area contributed by atoms with E-state index >= 15 is 0 Å². The van der Waals surface area contributed by atoms with Crippen molar-refractivity contribution >= 4 is 38.4 Å². The predicted octanol–water partition coefficient (Wildman–Crippen LogP) is 4.28. The molecule has 6 nitrogen and oxygen atoms in total. The van der Waals surface area contributed by atoms with Crippen molar-refractivity contribution < 1.29 is 4.79 Å². The Morgan fingerprint density at radius 2 is 2.03 bits per heavy atom. The summed E-state index contributed by atoms with van der Waals surface area (Å²) in [5, 5.41) is 1.15. The highest BCUT2D eigenvalue weighted by atomic mass is 79.9. The lowest BCUT2D eigenvalue weighted by molar-refractivity contribution is 0.0827. The summed E-state index contributed by atoms with van der Waals surface area (Å²) in [5.41, 5.74) is 5.06. The van der Waals surface area contributed by atoms with Gasteiger partial charge in [-0.05, 0) is 59.1 Å². The Morgan fingerprint density at radius 3 is 2.63 bits per heavy atom. The molecule has 3 aromatic heterocycles. The molecule has 0 N–H and O–H groups in total. The first-order valence-electron chi connectivity index (χ1n) is 10.1. The van der Waals surface area contributed by atoms with E-state index in [9.17, 15) is 4.79 Å². The maximum Gasteiger partial charge on any atom is 0.254 e. The molecule has 3 aromatic rings. The van der Waals surface area contributed by atoms with Gasteiger partial charge in [0.1, 0.15) is 5.65 Å². The van der Waals surface area contributed by atoms with E-state index in [2.05, 4.69) is 61.5 Å². The molecule has 1 aliphatic heterocycles. The van der Waals surface area contributed by atoms with E-state index in [0.717, 1.165) is 40.7 Å². The van der Waals surface area contributed by atoms with Gasteiger partial charge in [0, 0.05) is 68.2 Å². The van der Waals surface area contributed by atoms with E-state index in [1.54, 1.807) is 25.2 Å². The van der Waals surface area contributed by atoms with E-state index in [-0.39, 0.29) is 11.9 Å². The molecule has 1 amide bonds. The molecule has 0 fully saturated rings. The molecule has 0 aliphatic carbocycles. The number of halogens is 1. The number of hydrogen-bond acceptors (Lipinski definition) is 4. The summed E-state index contributed by atoms with van der Waals surface area (Å²) in [6.45, 7) is 4.08. The lowest BCUT2D eigenvalue weighted by Crippen LogP contribution is -2.32. The van der Waals surface area contributed by atoms with Crippen LogP contribution >= 0.6 is 15.9 Å². The Hall–Kier alpha value is -2.51. The number of nitrogens with zero attached hydrogens (tertiary/aromatic N) is 5. The Labute approximate surface area is 185 Å². The topological polar surface area (TPSA) is 54.3 Å². The van der Waals surface area contributed by atoms with Crippen LogP contribution in [0.1, 0.15) is 41.1 Å². The first kappa shape index (κ1) is 20.8. The SMILES string of the molecule is CC(c1cc2c(Br)ccnc2n1C)N1CC=C(c2ccc(C(=O)N(C)C)cn2)CC1. The molecule has 30 heavy (non-hydrogen) atoms. The van der Waals surface area contributed by atoms with E-state index < -0.39 is 0 Å². The largest absolute Gasteiger partial charge is 0.345 e. The first-order valence-corrected chi connectivity index (χ1v) is 10.9. The number of aryl methyl sites for hydroxylation is 1. The van der Waals surface area contributed by atoms with E-state index in [1.807, 2.05) is 24.4 Å². The zero-order valence-electron chi connectivity index (χ0n) is 17.8. The fourth-order valence-electron chi connectivity index (χ4n) is 4.03. The lowest BCUT2D eigenvalue weighted by atomic mass is 10.0. The van der Waals surface area contributed by atoms with Gasteiger partial charge in [-0.2, -0.15) is 0 Å². The number of pyridine rings is 2. The number of rotatable bonds is 4. The Morgan fingerprint density at radius 1 is 1.23 bits per heavy atom. The minimum Gasteiger partial charge on any atom is -0.345 e. The van der Waals surface area contributed by atoms with Crippen LogP contribution in [0.2, 0.25) is 0 Å². The molecule has 4 heterocycles. The number of aromatic nitrogens is 3. The second kappa shape index (κ2) is 8.32. The maximum absolute atomic E-state index is 12.1. The number of amides is 1. The minimum absolute atomic E-state index is 0.0252. The predicted molar refractivity (Wildman–Crippen MR) is 123 cm³/mol. The summed E-state index contributed by atoms with van der Waals surface area (Å²) in [6.07, 6.45) is 6.70. The molecular weight excluding hydrogens is 442 g/mol. The van der Waals surface area contributed by atoms with Gasteiger partial charge in [-0.3, -0.25) is 14.7 Å². The highest BCUT2D eigenvalue weighted by Crippen LogP contribution is 2.32. The van der Waals surface area contributed by atoms with Crippen LogP contribution in [0.4, 0.5) is 0 Å².